The molecule has 0 aliphatic rings. The van der Waals surface area contributed by atoms with Crippen molar-refractivity contribution in [2.24, 2.45) is 0 Å². The van der Waals surface area contributed by atoms with Crippen molar-refractivity contribution < 1.29 is 13.2 Å². The van der Waals surface area contributed by atoms with E-state index < -0.39 is 10.0 Å². The van der Waals surface area contributed by atoms with Crippen molar-refractivity contribution in [3.63, 3.8) is 0 Å². The Kier molecular flexibility index (Phi) is 6.51. The van der Waals surface area contributed by atoms with Crippen LogP contribution in [0.15, 0.2) is 71.6 Å². The van der Waals surface area contributed by atoms with Gasteiger partial charge in [-0.05, 0) is 69.2 Å². The van der Waals surface area contributed by atoms with Crippen molar-refractivity contribution in [1.29, 1.82) is 0 Å². The van der Waals surface area contributed by atoms with Crippen molar-refractivity contribution in [2.45, 2.75) is 38.6 Å². The van der Waals surface area contributed by atoms with Crippen LogP contribution in [0.2, 0.25) is 0 Å². The quantitative estimate of drug-likeness (QED) is 0.596. The molecule has 1 N–H and O–H groups in total. The standard InChI is InChI=1S/C25H28N2O3S/c1-17-9-12-22(13-10-17)27(5)31(29,30)23-8-6-7-21(16-23)25(28)26-20(4)24-14-11-18(2)15-19(24)3/h6-16,20H,1-5H3,(H,26,28). The number of aryl methyl sites for hydroxylation is 3. The molecule has 3 rings (SSSR count). The predicted octanol–water partition coefficient (Wildman–Crippen LogP) is 4.93. The summed E-state index contributed by atoms with van der Waals surface area (Å²) in [6.45, 7) is 7.90. The summed E-state index contributed by atoms with van der Waals surface area (Å²) in [4.78, 5) is 12.9. The molecule has 0 spiro atoms. The summed E-state index contributed by atoms with van der Waals surface area (Å²) in [7, 11) is -2.29. The van der Waals surface area contributed by atoms with Gasteiger partial charge in [-0.1, -0.05) is 47.5 Å². The summed E-state index contributed by atoms with van der Waals surface area (Å²) in [5, 5.41) is 2.97. The number of benzene rings is 3. The summed E-state index contributed by atoms with van der Waals surface area (Å²) in [6, 6.07) is 19.3. The molecule has 3 aromatic rings. The van der Waals surface area contributed by atoms with Crippen molar-refractivity contribution in [2.75, 3.05) is 11.4 Å². The van der Waals surface area contributed by atoms with Crippen LogP contribution in [-0.2, 0) is 10.0 Å². The third-order valence-corrected chi connectivity index (χ3v) is 7.17. The van der Waals surface area contributed by atoms with Gasteiger partial charge in [-0.3, -0.25) is 9.10 Å². The Morgan fingerprint density at radius 1 is 0.903 bits per heavy atom. The molecule has 0 aromatic heterocycles. The van der Waals surface area contributed by atoms with Crippen molar-refractivity contribution >= 4 is 21.6 Å². The first-order valence-corrected chi connectivity index (χ1v) is 11.6. The minimum Gasteiger partial charge on any atom is -0.346 e. The molecule has 3 aromatic carbocycles. The Morgan fingerprint density at radius 3 is 2.19 bits per heavy atom. The van der Waals surface area contributed by atoms with Crippen LogP contribution in [0.1, 0.15) is 45.6 Å². The summed E-state index contributed by atoms with van der Waals surface area (Å²) >= 11 is 0. The van der Waals surface area contributed by atoms with Gasteiger partial charge >= 0.3 is 0 Å². The van der Waals surface area contributed by atoms with Gasteiger partial charge in [0.1, 0.15) is 0 Å². The van der Waals surface area contributed by atoms with Crippen molar-refractivity contribution in [3.8, 4) is 0 Å². The molecular formula is C25H28N2O3S. The number of nitrogens with one attached hydrogen (secondary N) is 1. The van der Waals surface area contributed by atoms with E-state index in [1.165, 1.54) is 23.5 Å². The number of carbonyl (C=O) groups is 1. The van der Waals surface area contributed by atoms with Gasteiger partial charge in [-0.2, -0.15) is 0 Å². The zero-order valence-electron chi connectivity index (χ0n) is 18.5. The summed E-state index contributed by atoms with van der Waals surface area (Å²) in [6.07, 6.45) is 0. The summed E-state index contributed by atoms with van der Waals surface area (Å²) < 4.78 is 27.4. The zero-order valence-corrected chi connectivity index (χ0v) is 19.3. The molecule has 0 aliphatic carbocycles. The number of carbonyl (C=O) groups excluding carboxylic acids is 1. The smallest absolute Gasteiger partial charge is 0.264 e. The lowest BCUT2D eigenvalue weighted by molar-refractivity contribution is 0.0939. The lowest BCUT2D eigenvalue weighted by atomic mass is 10.00. The molecule has 31 heavy (non-hydrogen) atoms. The monoisotopic (exact) mass is 436 g/mol. The van der Waals surface area contributed by atoms with E-state index in [0.717, 1.165) is 22.3 Å². The van der Waals surface area contributed by atoms with Crippen LogP contribution >= 0.6 is 0 Å². The van der Waals surface area contributed by atoms with E-state index in [2.05, 4.69) is 11.4 Å². The highest BCUT2D eigenvalue weighted by Gasteiger charge is 2.23. The molecule has 0 fully saturated rings. The maximum Gasteiger partial charge on any atom is 0.264 e. The van der Waals surface area contributed by atoms with Gasteiger partial charge in [0.2, 0.25) is 0 Å². The molecule has 162 valence electrons. The lowest BCUT2D eigenvalue weighted by Gasteiger charge is -2.20. The Bertz CT molecular complexity index is 1200. The van der Waals surface area contributed by atoms with Crippen LogP contribution in [0.3, 0.4) is 0 Å². The third-order valence-electron chi connectivity index (χ3n) is 5.39. The van der Waals surface area contributed by atoms with Gasteiger partial charge < -0.3 is 5.32 Å². The zero-order chi connectivity index (χ0) is 22.8. The Morgan fingerprint density at radius 2 is 1.55 bits per heavy atom. The topological polar surface area (TPSA) is 66.5 Å². The molecule has 1 atom stereocenters. The lowest BCUT2D eigenvalue weighted by Crippen LogP contribution is -2.29. The SMILES string of the molecule is Cc1ccc(N(C)S(=O)(=O)c2cccc(C(=O)NC(C)c3ccc(C)cc3C)c2)cc1. The molecule has 1 amide bonds. The fraction of sp³-hybridized carbons (Fsp3) is 0.240. The maximum atomic E-state index is 13.1. The third kappa shape index (κ3) is 4.97. The number of sulfonamides is 1. The highest BCUT2D eigenvalue weighted by molar-refractivity contribution is 7.92. The number of anilines is 1. The van der Waals surface area contributed by atoms with Crippen LogP contribution in [0.5, 0.6) is 0 Å². The van der Waals surface area contributed by atoms with E-state index in [1.807, 2.05) is 52.0 Å². The summed E-state index contributed by atoms with van der Waals surface area (Å²) in [5.41, 5.74) is 5.20. The summed E-state index contributed by atoms with van der Waals surface area (Å²) in [5.74, 6) is -0.317. The molecule has 6 heteroatoms. The first-order chi connectivity index (χ1) is 14.6. The van der Waals surface area contributed by atoms with E-state index in [9.17, 15) is 13.2 Å². The van der Waals surface area contributed by atoms with Crippen molar-refractivity contribution in [1.82, 2.24) is 5.32 Å². The number of rotatable bonds is 6. The number of amides is 1. The fourth-order valence-corrected chi connectivity index (χ4v) is 4.76. The molecule has 0 radical (unpaired) electrons. The second kappa shape index (κ2) is 8.94. The molecular weight excluding hydrogens is 408 g/mol. The van der Waals surface area contributed by atoms with Gasteiger partial charge in [-0.15, -0.1) is 0 Å². The first kappa shape index (κ1) is 22.6. The van der Waals surface area contributed by atoms with Crippen LogP contribution in [0.4, 0.5) is 5.69 Å². The van der Waals surface area contributed by atoms with Gasteiger partial charge in [0.25, 0.3) is 15.9 Å². The Labute approximate surface area is 184 Å². The van der Waals surface area contributed by atoms with Crippen LogP contribution < -0.4 is 9.62 Å². The highest BCUT2D eigenvalue weighted by Crippen LogP contribution is 2.24. The normalized spacial score (nSPS) is 12.3. The highest BCUT2D eigenvalue weighted by atomic mass is 32.2. The average molecular weight is 437 g/mol. The number of hydrogen-bond donors (Lipinski definition) is 1. The predicted molar refractivity (Wildman–Crippen MR) is 125 cm³/mol. The van der Waals surface area contributed by atoms with E-state index >= 15 is 0 Å². The molecule has 0 saturated carbocycles. The second-order valence-corrected chi connectivity index (χ2v) is 9.86. The van der Waals surface area contributed by atoms with Crippen LogP contribution in [0, 0.1) is 20.8 Å². The maximum absolute atomic E-state index is 13.1. The largest absolute Gasteiger partial charge is 0.346 e. The fourth-order valence-electron chi connectivity index (χ4n) is 3.52. The molecule has 5 nitrogen and oxygen atoms in total. The molecule has 0 heterocycles. The Hall–Kier alpha value is -3.12. The number of nitrogens with zero attached hydrogens (tertiary/aromatic N) is 1. The van der Waals surface area contributed by atoms with E-state index in [-0.39, 0.29) is 16.8 Å². The minimum absolute atomic E-state index is 0.0717. The van der Waals surface area contributed by atoms with E-state index in [1.54, 1.807) is 24.3 Å². The first-order valence-electron chi connectivity index (χ1n) is 10.1. The van der Waals surface area contributed by atoms with Gasteiger partial charge in [0.15, 0.2) is 0 Å². The molecule has 1 unspecified atom stereocenters. The van der Waals surface area contributed by atoms with E-state index in [0.29, 0.717) is 11.3 Å². The average Bonchev–Trinajstić information content (AvgIpc) is 2.73. The molecule has 0 bridgehead atoms. The molecule has 0 saturated heterocycles. The van der Waals surface area contributed by atoms with Crippen LogP contribution in [-0.4, -0.2) is 21.4 Å². The van der Waals surface area contributed by atoms with Gasteiger partial charge in [0.05, 0.1) is 16.6 Å². The minimum atomic E-state index is -3.80. The van der Waals surface area contributed by atoms with Gasteiger partial charge in [-0.25, -0.2) is 8.42 Å². The van der Waals surface area contributed by atoms with Gasteiger partial charge in [0, 0.05) is 12.6 Å². The number of hydrogen-bond acceptors (Lipinski definition) is 3. The molecule has 0 aliphatic heterocycles. The Balaban J connectivity index is 1.83. The second-order valence-electron chi connectivity index (χ2n) is 7.89. The van der Waals surface area contributed by atoms with Crippen LogP contribution in [0.25, 0.3) is 0 Å². The van der Waals surface area contributed by atoms with Crippen molar-refractivity contribution in [3.05, 3.63) is 94.5 Å². The van der Waals surface area contributed by atoms with E-state index in [4.69, 9.17) is 0 Å².